The standard InChI is InChI=1S/C17H27N5O3S.ClH/c1-5-18-10-11-19-17(23)9-8-16-20-14-12-13(26(24,25)21(2)3)6-7-15(14)22(16)4;/h6-7,12,18H,5,8-11H2,1-4H3,(H,19,23);1H. The molecule has 0 aliphatic heterocycles. The average Bonchev–Trinajstić information content (AvgIpc) is 2.92. The third-order valence-corrected chi connectivity index (χ3v) is 5.98. The average molecular weight is 418 g/mol. The van der Waals surface area contributed by atoms with Gasteiger partial charge in [0.1, 0.15) is 5.82 Å². The first-order valence-electron chi connectivity index (χ1n) is 8.62. The number of nitrogens with one attached hydrogen (secondary N) is 2. The van der Waals surface area contributed by atoms with Crippen LogP contribution in [0.5, 0.6) is 0 Å². The number of benzene rings is 1. The molecule has 0 radical (unpaired) electrons. The molecule has 8 nitrogen and oxygen atoms in total. The predicted octanol–water partition coefficient (Wildman–Crippen LogP) is 0.904. The van der Waals surface area contributed by atoms with Crippen LogP contribution in [0.1, 0.15) is 19.2 Å². The number of aromatic nitrogens is 2. The van der Waals surface area contributed by atoms with Crippen molar-refractivity contribution >= 4 is 39.4 Å². The lowest BCUT2D eigenvalue weighted by Crippen LogP contribution is -2.31. The van der Waals surface area contributed by atoms with Gasteiger partial charge >= 0.3 is 0 Å². The van der Waals surface area contributed by atoms with E-state index < -0.39 is 10.0 Å². The van der Waals surface area contributed by atoms with Crippen LogP contribution in [0.15, 0.2) is 23.1 Å². The Balaban J connectivity index is 0.00000364. The first-order valence-corrected chi connectivity index (χ1v) is 10.1. The summed E-state index contributed by atoms with van der Waals surface area (Å²) in [6.45, 7) is 4.24. The molecule has 2 rings (SSSR count). The molecule has 2 aromatic rings. The van der Waals surface area contributed by atoms with Gasteiger partial charge in [-0.15, -0.1) is 12.4 Å². The second-order valence-electron chi connectivity index (χ2n) is 6.23. The molecule has 0 spiro atoms. The van der Waals surface area contributed by atoms with Crippen LogP contribution in [0.2, 0.25) is 0 Å². The van der Waals surface area contributed by atoms with E-state index in [0.29, 0.717) is 24.9 Å². The van der Waals surface area contributed by atoms with Crippen molar-refractivity contribution in [1.29, 1.82) is 0 Å². The molecule has 0 atom stereocenters. The highest BCUT2D eigenvalue weighted by molar-refractivity contribution is 7.89. The van der Waals surface area contributed by atoms with Crippen molar-refractivity contribution in [3.05, 3.63) is 24.0 Å². The molecule has 1 amide bonds. The number of likely N-dealkylation sites (N-methyl/N-ethyl adjacent to an activating group) is 1. The minimum absolute atomic E-state index is 0. The summed E-state index contributed by atoms with van der Waals surface area (Å²) in [5.74, 6) is 0.729. The van der Waals surface area contributed by atoms with E-state index in [2.05, 4.69) is 15.6 Å². The molecule has 1 heterocycles. The topological polar surface area (TPSA) is 96.3 Å². The molecule has 10 heteroatoms. The van der Waals surface area contributed by atoms with Crippen LogP contribution < -0.4 is 10.6 Å². The van der Waals surface area contributed by atoms with Gasteiger partial charge in [0, 0.05) is 47.1 Å². The minimum Gasteiger partial charge on any atom is -0.355 e. The number of nitrogens with zero attached hydrogens (tertiary/aromatic N) is 3. The molecule has 0 bridgehead atoms. The Labute approximate surface area is 166 Å². The first kappa shape index (κ1) is 23.4. The van der Waals surface area contributed by atoms with E-state index in [1.807, 2.05) is 18.5 Å². The smallest absolute Gasteiger partial charge is 0.242 e. The van der Waals surface area contributed by atoms with Gasteiger partial charge in [0.25, 0.3) is 0 Å². The van der Waals surface area contributed by atoms with E-state index in [4.69, 9.17) is 0 Å². The van der Waals surface area contributed by atoms with Crippen LogP contribution in [-0.4, -0.2) is 61.9 Å². The second kappa shape index (κ2) is 10.0. The maximum absolute atomic E-state index is 12.3. The number of fused-ring (bicyclic) bond motifs is 1. The lowest BCUT2D eigenvalue weighted by molar-refractivity contribution is -0.121. The van der Waals surface area contributed by atoms with Crippen molar-refractivity contribution < 1.29 is 13.2 Å². The Morgan fingerprint density at radius 2 is 1.96 bits per heavy atom. The molecule has 0 fully saturated rings. The fourth-order valence-electron chi connectivity index (χ4n) is 2.61. The van der Waals surface area contributed by atoms with Gasteiger partial charge in [-0.1, -0.05) is 6.92 Å². The molecular formula is C17H28ClN5O3S. The summed E-state index contributed by atoms with van der Waals surface area (Å²) >= 11 is 0. The number of amides is 1. The number of carbonyl (C=O) groups excluding carboxylic acids is 1. The van der Waals surface area contributed by atoms with Crippen molar-refractivity contribution in [1.82, 2.24) is 24.5 Å². The number of hydrogen-bond donors (Lipinski definition) is 2. The third-order valence-electron chi connectivity index (χ3n) is 4.17. The van der Waals surface area contributed by atoms with Gasteiger partial charge in [0.2, 0.25) is 15.9 Å². The number of hydrogen-bond acceptors (Lipinski definition) is 5. The summed E-state index contributed by atoms with van der Waals surface area (Å²) in [6, 6.07) is 4.90. The van der Waals surface area contributed by atoms with Gasteiger partial charge in [0.15, 0.2) is 0 Å². The molecule has 0 saturated carbocycles. The maximum atomic E-state index is 12.3. The predicted molar refractivity (Wildman–Crippen MR) is 109 cm³/mol. The molecule has 152 valence electrons. The lowest BCUT2D eigenvalue weighted by Gasteiger charge is -2.10. The Morgan fingerprint density at radius 3 is 2.59 bits per heavy atom. The van der Waals surface area contributed by atoms with Crippen molar-refractivity contribution in [2.45, 2.75) is 24.7 Å². The van der Waals surface area contributed by atoms with Crippen molar-refractivity contribution in [3.8, 4) is 0 Å². The highest BCUT2D eigenvalue weighted by atomic mass is 35.5. The SMILES string of the molecule is CCNCCNC(=O)CCc1nc2cc(S(=O)(=O)N(C)C)ccc2n1C.Cl. The fourth-order valence-corrected chi connectivity index (χ4v) is 3.53. The number of imidazole rings is 1. The summed E-state index contributed by atoms with van der Waals surface area (Å²) in [6.07, 6.45) is 0.833. The van der Waals surface area contributed by atoms with Crippen molar-refractivity contribution in [2.24, 2.45) is 7.05 Å². The summed E-state index contributed by atoms with van der Waals surface area (Å²) in [5.41, 5.74) is 1.45. The van der Waals surface area contributed by atoms with Crippen molar-refractivity contribution in [3.63, 3.8) is 0 Å². The van der Waals surface area contributed by atoms with Gasteiger partial charge < -0.3 is 15.2 Å². The molecule has 0 unspecified atom stereocenters. The Kier molecular flexibility index (Phi) is 8.67. The third kappa shape index (κ3) is 5.65. The number of halogens is 1. The monoisotopic (exact) mass is 417 g/mol. The molecule has 0 aliphatic rings. The van der Waals surface area contributed by atoms with Crippen LogP contribution in [0.25, 0.3) is 11.0 Å². The van der Waals surface area contributed by atoms with E-state index in [9.17, 15) is 13.2 Å². The highest BCUT2D eigenvalue weighted by Gasteiger charge is 2.19. The van der Waals surface area contributed by atoms with Crippen LogP contribution in [0.3, 0.4) is 0 Å². The van der Waals surface area contributed by atoms with E-state index in [1.165, 1.54) is 18.4 Å². The largest absolute Gasteiger partial charge is 0.355 e. The maximum Gasteiger partial charge on any atom is 0.242 e. The lowest BCUT2D eigenvalue weighted by atomic mass is 10.3. The molecular weight excluding hydrogens is 390 g/mol. The summed E-state index contributed by atoms with van der Waals surface area (Å²) in [7, 11) is 1.37. The molecule has 27 heavy (non-hydrogen) atoms. The molecule has 2 N–H and O–H groups in total. The Hall–Kier alpha value is -1.68. The van der Waals surface area contributed by atoms with Gasteiger partial charge in [-0.25, -0.2) is 17.7 Å². The van der Waals surface area contributed by atoms with Crippen LogP contribution >= 0.6 is 12.4 Å². The summed E-state index contributed by atoms with van der Waals surface area (Å²) < 4.78 is 27.6. The quantitative estimate of drug-likeness (QED) is 0.591. The van der Waals surface area contributed by atoms with Crippen LogP contribution in [-0.2, 0) is 28.3 Å². The molecule has 1 aromatic carbocycles. The molecule has 0 aliphatic carbocycles. The Bertz CT molecular complexity index is 880. The van der Waals surface area contributed by atoms with Gasteiger partial charge in [-0.05, 0) is 24.7 Å². The zero-order chi connectivity index (χ0) is 19.3. The van der Waals surface area contributed by atoms with Gasteiger partial charge in [0.05, 0.1) is 15.9 Å². The Morgan fingerprint density at radius 1 is 1.26 bits per heavy atom. The molecule has 0 saturated heterocycles. The van der Waals surface area contributed by atoms with Crippen LogP contribution in [0, 0.1) is 0 Å². The van der Waals surface area contributed by atoms with Gasteiger partial charge in [-0.3, -0.25) is 4.79 Å². The highest BCUT2D eigenvalue weighted by Crippen LogP contribution is 2.21. The van der Waals surface area contributed by atoms with Crippen molar-refractivity contribution in [2.75, 3.05) is 33.7 Å². The number of sulfonamides is 1. The fraction of sp³-hybridized carbons (Fsp3) is 0.529. The first-order chi connectivity index (χ1) is 12.3. The summed E-state index contributed by atoms with van der Waals surface area (Å²) in [5, 5.41) is 6.00. The van der Waals surface area contributed by atoms with E-state index in [-0.39, 0.29) is 23.2 Å². The summed E-state index contributed by atoms with van der Waals surface area (Å²) in [4.78, 5) is 16.6. The van der Waals surface area contributed by atoms with E-state index in [0.717, 1.165) is 24.4 Å². The normalized spacial score (nSPS) is 11.6. The minimum atomic E-state index is -3.50. The van der Waals surface area contributed by atoms with Crippen LogP contribution in [0.4, 0.5) is 0 Å². The zero-order valence-corrected chi connectivity index (χ0v) is 17.8. The van der Waals surface area contributed by atoms with E-state index >= 15 is 0 Å². The number of rotatable bonds is 9. The molecule has 1 aromatic heterocycles. The van der Waals surface area contributed by atoms with E-state index in [1.54, 1.807) is 18.2 Å². The number of aryl methyl sites for hydroxylation is 2. The van der Waals surface area contributed by atoms with Gasteiger partial charge in [-0.2, -0.15) is 0 Å². The number of carbonyl (C=O) groups is 1. The second-order valence-corrected chi connectivity index (χ2v) is 8.38. The zero-order valence-electron chi connectivity index (χ0n) is 16.2.